The molecule has 1 aliphatic carbocycles. The molecule has 1 amide bonds. The molecule has 1 atom stereocenters. The van der Waals surface area contributed by atoms with Gasteiger partial charge in [0.1, 0.15) is 0 Å². The zero-order valence-corrected chi connectivity index (χ0v) is 12.4. The first-order valence-electron chi connectivity index (χ1n) is 7.11. The average Bonchev–Trinajstić information content (AvgIpc) is 3.28. The van der Waals surface area contributed by atoms with Crippen molar-refractivity contribution in [2.24, 2.45) is 5.92 Å². The van der Waals surface area contributed by atoms with Crippen LogP contribution in [0.25, 0.3) is 6.08 Å². The summed E-state index contributed by atoms with van der Waals surface area (Å²) in [6, 6.07) is 2.76. The van der Waals surface area contributed by atoms with E-state index in [1.54, 1.807) is 0 Å². The molecule has 0 aliphatic heterocycles. The molecule has 0 heterocycles. The van der Waals surface area contributed by atoms with Gasteiger partial charge in [0.15, 0.2) is 0 Å². The Morgan fingerprint density at radius 3 is 2.52 bits per heavy atom. The molecule has 0 aromatic heterocycles. The SMILES string of the molecule is CC(NC(=O)C1CC1)c1ccc(/C=C/C(=O)O)cc1C(F)(F)F. The predicted octanol–water partition coefficient (Wildman–Crippen LogP) is 3.39. The third kappa shape index (κ3) is 4.58. The summed E-state index contributed by atoms with van der Waals surface area (Å²) in [5, 5.41) is 11.1. The van der Waals surface area contributed by atoms with Gasteiger partial charge in [-0.05, 0) is 43.0 Å². The summed E-state index contributed by atoms with van der Waals surface area (Å²) in [5.74, 6) is -1.57. The lowest BCUT2D eigenvalue weighted by molar-refractivity contribution is -0.138. The second-order valence-electron chi connectivity index (χ2n) is 5.52. The number of alkyl halides is 3. The van der Waals surface area contributed by atoms with Crippen molar-refractivity contribution in [1.82, 2.24) is 5.32 Å². The molecular formula is C16H16F3NO3. The minimum atomic E-state index is -4.60. The third-order valence-electron chi connectivity index (χ3n) is 3.57. The van der Waals surface area contributed by atoms with E-state index in [4.69, 9.17) is 5.11 Å². The van der Waals surface area contributed by atoms with Gasteiger partial charge >= 0.3 is 12.1 Å². The van der Waals surface area contributed by atoms with E-state index in [9.17, 15) is 22.8 Å². The molecule has 0 radical (unpaired) electrons. The average molecular weight is 327 g/mol. The van der Waals surface area contributed by atoms with Crippen molar-refractivity contribution in [3.63, 3.8) is 0 Å². The molecule has 1 aromatic carbocycles. The first kappa shape index (κ1) is 17.1. The number of amides is 1. The number of carboxylic acid groups (broad SMARTS) is 1. The molecule has 2 rings (SSSR count). The smallest absolute Gasteiger partial charge is 0.416 e. The summed E-state index contributed by atoms with van der Waals surface area (Å²) in [5.41, 5.74) is -0.795. The number of aliphatic carboxylic acids is 1. The number of benzene rings is 1. The van der Waals surface area contributed by atoms with E-state index in [1.165, 1.54) is 19.1 Å². The van der Waals surface area contributed by atoms with Gasteiger partial charge in [0, 0.05) is 12.0 Å². The highest BCUT2D eigenvalue weighted by Gasteiger charge is 2.36. The van der Waals surface area contributed by atoms with E-state index in [1.807, 2.05) is 0 Å². The topological polar surface area (TPSA) is 66.4 Å². The maximum Gasteiger partial charge on any atom is 0.416 e. The van der Waals surface area contributed by atoms with Gasteiger partial charge in [-0.1, -0.05) is 12.1 Å². The van der Waals surface area contributed by atoms with Crippen molar-refractivity contribution in [3.05, 3.63) is 41.0 Å². The minimum absolute atomic E-state index is 0.0426. The molecule has 1 aliphatic rings. The highest BCUT2D eigenvalue weighted by Crippen LogP contribution is 2.36. The molecule has 0 saturated heterocycles. The Balaban J connectivity index is 2.30. The third-order valence-corrected chi connectivity index (χ3v) is 3.57. The Bertz CT molecular complexity index is 648. The largest absolute Gasteiger partial charge is 0.478 e. The van der Waals surface area contributed by atoms with Gasteiger partial charge in [0.05, 0.1) is 11.6 Å². The van der Waals surface area contributed by atoms with Crippen LogP contribution in [0.1, 0.15) is 42.5 Å². The highest BCUT2D eigenvalue weighted by molar-refractivity contribution is 5.85. The quantitative estimate of drug-likeness (QED) is 0.815. The molecule has 2 N–H and O–H groups in total. The van der Waals surface area contributed by atoms with E-state index in [-0.39, 0.29) is 23.0 Å². The van der Waals surface area contributed by atoms with Gasteiger partial charge in [-0.3, -0.25) is 4.79 Å². The Hall–Kier alpha value is -2.31. The minimum Gasteiger partial charge on any atom is -0.478 e. The van der Waals surface area contributed by atoms with E-state index < -0.39 is 23.8 Å². The van der Waals surface area contributed by atoms with Crippen LogP contribution in [0.3, 0.4) is 0 Å². The number of hydrogen-bond acceptors (Lipinski definition) is 2. The van der Waals surface area contributed by atoms with Crippen molar-refractivity contribution in [1.29, 1.82) is 0 Å². The first-order chi connectivity index (χ1) is 10.7. The lowest BCUT2D eigenvalue weighted by Gasteiger charge is -2.20. The predicted molar refractivity (Wildman–Crippen MR) is 77.4 cm³/mol. The van der Waals surface area contributed by atoms with Crippen LogP contribution in [0.2, 0.25) is 0 Å². The van der Waals surface area contributed by atoms with Crippen LogP contribution < -0.4 is 5.32 Å². The Morgan fingerprint density at radius 2 is 2.00 bits per heavy atom. The van der Waals surface area contributed by atoms with Crippen LogP contribution in [0.5, 0.6) is 0 Å². The van der Waals surface area contributed by atoms with Crippen LogP contribution in [-0.4, -0.2) is 17.0 Å². The van der Waals surface area contributed by atoms with Crippen LogP contribution in [-0.2, 0) is 15.8 Å². The summed E-state index contributed by atoms with van der Waals surface area (Å²) in [4.78, 5) is 22.2. The number of carbonyl (C=O) groups is 2. The van der Waals surface area contributed by atoms with Crippen LogP contribution in [0, 0.1) is 5.92 Å². The number of carboxylic acids is 1. The van der Waals surface area contributed by atoms with Crippen molar-refractivity contribution in [2.45, 2.75) is 32.0 Å². The zero-order valence-electron chi connectivity index (χ0n) is 12.4. The monoisotopic (exact) mass is 327 g/mol. The fourth-order valence-corrected chi connectivity index (χ4v) is 2.22. The molecule has 7 heteroatoms. The summed E-state index contributed by atoms with van der Waals surface area (Å²) < 4.78 is 39.7. The molecule has 1 unspecified atom stereocenters. The summed E-state index contributed by atoms with van der Waals surface area (Å²) in [6.07, 6.45) is -1.20. The summed E-state index contributed by atoms with van der Waals surface area (Å²) in [7, 11) is 0. The Kier molecular flexibility index (Phi) is 4.77. The number of halogens is 3. The Labute approximate surface area is 131 Å². The van der Waals surface area contributed by atoms with Crippen molar-refractivity contribution in [3.8, 4) is 0 Å². The van der Waals surface area contributed by atoms with Crippen molar-refractivity contribution < 1.29 is 27.9 Å². The summed E-state index contributed by atoms with van der Waals surface area (Å²) >= 11 is 0. The standard InChI is InChI=1S/C16H16F3NO3/c1-9(20-15(23)11-4-5-11)12-6-2-10(3-7-14(21)22)8-13(12)16(17,18)19/h2-3,6-9,11H,4-5H2,1H3,(H,20,23)(H,21,22)/b7-3+. The zero-order chi connectivity index (χ0) is 17.2. The number of hydrogen-bond donors (Lipinski definition) is 2. The molecule has 124 valence electrons. The van der Waals surface area contributed by atoms with Crippen molar-refractivity contribution >= 4 is 18.0 Å². The van der Waals surface area contributed by atoms with Gasteiger partial charge in [-0.2, -0.15) is 13.2 Å². The molecule has 1 saturated carbocycles. The number of carbonyl (C=O) groups excluding carboxylic acids is 1. The van der Waals surface area contributed by atoms with Gasteiger partial charge < -0.3 is 10.4 Å². The molecule has 1 fully saturated rings. The maximum atomic E-state index is 13.2. The van der Waals surface area contributed by atoms with Crippen molar-refractivity contribution in [2.75, 3.05) is 0 Å². The second kappa shape index (κ2) is 6.44. The maximum absolute atomic E-state index is 13.2. The number of nitrogens with one attached hydrogen (secondary N) is 1. The van der Waals surface area contributed by atoms with E-state index >= 15 is 0 Å². The van der Waals surface area contributed by atoms with E-state index in [0.29, 0.717) is 0 Å². The Morgan fingerprint density at radius 1 is 1.35 bits per heavy atom. The van der Waals surface area contributed by atoms with Crippen LogP contribution in [0.15, 0.2) is 24.3 Å². The van der Waals surface area contributed by atoms with Gasteiger partial charge in [0.2, 0.25) is 5.91 Å². The van der Waals surface area contributed by atoms with Crippen LogP contribution >= 0.6 is 0 Å². The second-order valence-corrected chi connectivity index (χ2v) is 5.52. The molecule has 4 nitrogen and oxygen atoms in total. The lowest BCUT2D eigenvalue weighted by Crippen LogP contribution is -2.29. The number of rotatable bonds is 5. The molecule has 23 heavy (non-hydrogen) atoms. The lowest BCUT2D eigenvalue weighted by atomic mass is 9.98. The normalized spacial score (nSPS) is 16.3. The fraction of sp³-hybridized carbons (Fsp3) is 0.375. The van der Waals surface area contributed by atoms with Gasteiger partial charge in [-0.15, -0.1) is 0 Å². The highest BCUT2D eigenvalue weighted by atomic mass is 19.4. The molecular weight excluding hydrogens is 311 g/mol. The first-order valence-corrected chi connectivity index (χ1v) is 7.11. The van der Waals surface area contributed by atoms with Gasteiger partial charge in [0.25, 0.3) is 0 Å². The van der Waals surface area contributed by atoms with E-state index in [0.717, 1.165) is 31.1 Å². The molecule has 0 bridgehead atoms. The van der Waals surface area contributed by atoms with Crippen LogP contribution in [0.4, 0.5) is 13.2 Å². The van der Waals surface area contributed by atoms with Gasteiger partial charge in [-0.25, -0.2) is 4.79 Å². The van der Waals surface area contributed by atoms with E-state index in [2.05, 4.69) is 5.32 Å². The molecule has 0 spiro atoms. The molecule has 1 aromatic rings. The fourth-order valence-electron chi connectivity index (χ4n) is 2.22. The summed E-state index contributed by atoms with van der Waals surface area (Å²) in [6.45, 7) is 1.50.